The second-order valence-corrected chi connectivity index (χ2v) is 9.44. The summed E-state index contributed by atoms with van der Waals surface area (Å²) >= 11 is 2.93. The van der Waals surface area contributed by atoms with Gasteiger partial charge in [0.25, 0.3) is 0 Å². The molecule has 0 atom stereocenters. The Kier molecular flexibility index (Phi) is 9.41. The molecule has 0 fully saturated rings. The zero-order chi connectivity index (χ0) is 22.7. The van der Waals surface area contributed by atoms with Crippen LogP contribution >= 0.6 is 23.5 Å². The van der Waals surface area contributed by atoms with Crippen molar-refractivity contribution in [3.8, 4) is 0 Å². The van der Waals surface area contributed by atoms with Gasteiger partial charge in [-0.1, -0.05) is 103 Å². The number of ether oxygens (including phenoxy) is 1. The van der Waals surface area contributed by atoms with Crippen LogP contribution in [0.15, 0.2) is 91.0 Å². The molecular weight excluding hydrogens is 438 g/mol. The fourth-order valence-corrected chi connectivity index (χ4v) is 5.65. The third-order valence-corrected chi connectivity index (χ3v) is 7.48. The topological polar surface area (TPSA) is 55.4 Å². The molecule has 32 heavy (non-hydrogen) atoms. The summed E-state index contributed by atoms with van der Waals surface area (Å²) in [5.41, 5.74) is 3.21. The fraction of sp³-hybridized carbons (Fsp3) is 0.231. The van der Waals surface area contributed by atoms with Crippen molar-refractivity contribution in [2.45, 2.75) is 4.75 Å². The first kappa shape index (κ1) is 24.1. The molecule has 0 heterocycles. The van der Waals surface area contributed by atoms with Crippen molar-refractivity contribution < 1.29 is 14.3 Å². The third-order valence-electron chi connectivity index (χ3n) is 4.95. The normalized spacial score (nSPS) is 11.2. The van der Waals surface area contributed by atoms with E-state index in [1.54, 1.807) is 11.8 Å². The highest BCUT2D eigenvalue weighted by Crippen LogP contribution is 2.48. The second-order valence-electron chi connectivity index (χ2n) is 7.06. The van der Waals surface area contributed by atoms with Crippen molar-refractivity contribution in [3.05, 3.63) is 108 Å². The van der Waals surface area contributed by atoms with E-state index >= 15 is 0 Å². The summed E-state index contributed by atoms with van der Waals surface area (Å²) in [7, 11) is 1.37. The van der Waals surface area contributed by atoms with Gasteiger partial charge in [-0.3, -0.25) is 9.59 Å². The highest BCUT2D eigenvalue weighted by molar-refractivity contribution is 8.16. The lowest BCUT2D eigenvalue weighted by atomic mass is 9.84. The van der Waals surface area contributed by atoms with E-state index in [2.05, 4.69) is 46.5 Å². The van der Waals surface area contributed by atoms with E-state index in [1.807, 2.05) is 54.6 Å². The van der Waals surface area contributed by atoms with Crippen LogP contribution in [-0.2, 0) is 19.1 Å². The molecule has 3 aromatic carbocycles. The van der Waals surface area contributed by atoms with E-state index in [1.165, 1.54) is 18.9 Å². The van der Waals surface area contributed by atoms with E-state index in [-0.39, 0.29) is 17.6 Å². The van der Waals surface area contributed by atoms with Gasteiger partial charge in [-0.2, -0.15) is 11.8 Å². The SMILES string of the molecule is COC(=O)CNCCSCC(=O)SC(c1ccccc1)(c1ccccc1)c1ccccc1. The summed E-state index contributed by atoms with van der Waals surface area (Å²) in [5, 5.41) is 3.13. The summed E-state index contributed by atoms with van der Waals surface area (Å²) in [6.07, 6.45) is 0. The van der Waals surface area contributed by atoms with Crippen LogP contribution in [0.25, 0.3) is 0 Å². The highest BCUT2D eigenvalue weighted by atomic mass is 32.2. The van der Waals surface area contributed by atoms with Crippen LogP contribution in [0.1, 0.15) is 16.7 Å². The van der Waals surface area contributed by atoms with Gasteiger partial charge in [0.1, 0.15) is 0 Å². The molecule has 0 spiro atoms. The molecule has 0 aromatic heterocycles. The summed E-state index contributed by atoms with van der Waals surface area (Å²) in [6, 6.07) is 30.6. The molecule has 0 radical (unpaired) electrons. The van der Waals surface area contributed by atoms with Crippen molar-refractivity contribution in [1.29, 1.82) is 0 Å². The van der Waals surface area contributed by atoms with Gasteiger partial charge in [0, 0.05) is 12.3 Å². The molecular formula is C26H27NO3S2. The van der Waals surface area contributed by atoms with E-state index < -0.39 is 4.75 Å². The molecule has 1 N–H and O–H groups in total. The van der Waals surface area contributed by atoms with Gasteiger partial charge < -0.3 is 10.1 Å². The van der Waals surface area contributed by atoms with Gasteiger partial charge in [-0.15, -0.1) is 0 Å². The van der Waals surface area contributed by atoms with Crippen molar-refractivity contribution >= 4 is 34.6 Å². The van der Waals surface area contributed by atoms with Crippen LogP contribution in [0.3, 0.4) is 0 Å². The number of rotatable bonds is 11. The minimum atomic E-state index is -0.634. The Labute approximate surface area is 198 Å². The largest absolute Gasteiger partial charge is 0.468 e. The Morgan fingerprint density at radius 1 is 0.812 bits per heavy atom. The maximum Gasteiger partial charge on any atom is 0.319 e. The summed E-state index contributed by atoms with van der Waals surface area (Å²) in [6.45, 7) is 0.817. The van der Waals surface area contributed by atoms with Gasteiger partial charge in [0.2, 0.25) is 0 Å². The lowest BCUT2D eigenvalue weighted by molar-refractivity contribution is -0.139. The molecule has 0 aliphatic rings. The summed E-state index contributed by atoms with van der Waals surface area (Å²) in [4.78, 5) is 24.4. The molecule has 3 aromatic rings. The van der Waals surface area contributed by atoms with Gasteiger partial charge in [-0.25, -0.2) is 0 Å². The summed E-state index contributed by atoms with van der Waals surface area (Å²) in [5.74, 6) is 0.830. The number of benzene rings is 3. The quantitative estimate of drug-likeness (QED) is 0.251. The lowest BCUT2D eigenvalue weighted by Gasteiger charge is -2.34. The number of nitrogens with one attached hydrogen (secondary N) is 1. The standard InChI is InChI=1S/C26H27NO3S2/c1-30-24(28)19-27-17-18-31-20-25(29)32-26(21-11-5-2-6-12-21,22-13-7-3-8-14-22)23-15-9-4-10-16-23/h2-16,27H,17-20H2,1H3. The average molecular weight is 466 g/mol. The predicted molar refractivity (Wildman–Crippen MR) is 134 cm³/mol. The molecule has 166 valence electrons. The van der Waals surface area contributed by atoms with Crippen LogP contribution in [0.2, 0.25) is 0 Å². The lowest BCUT2D eigenvalue weighted by Crippen LogP contribution is -2.28. The minimum Gasteiger partial charge on any atom is -0.468 e. The smallest absolute Gasteiger partial charge is 0.319 e. The zero-order valence-corrected chi connectivity index (χ0v) is 19.7. The monoisotopic (exact) mass is 465 g/mol. The summed E-state index contributed by atoms with van der Waals surface area (Å²) < 4.78 is 3.98. The first-order chi connectivity index (χ1) is 15.7. The maximum absolute atomic E-state index is 13.2. The zero-order valence-electron chi connectivity index (χ0n) is 18.0. The fourth-order valence-electron chi connectivity index (χ4n) is 3.46. The van der Waals surface area contributed by atoms with Crippen LogP contribution < -0.4 is 5.32 Å². The Balaban J connectivity index is 1.81. The van der Waals surface area contributed by atoms with Crippen LogP contribution in [0.4, 0.5) is 0 Å². The van der Waals surface area contributed by atoms with E-state index in [0.29, 0.717) is 12.3 Å². The molecule has 0 amide bonds. The number of esters is 1. The number of carbonyl (C=O) groups excluding carboxylic acids is 2. The maximum atomic E-state index is 13.2. The van der Waals surface area contributed by atoms with Crippen LogP contribution in [0, 0.1) is 0 Å². The van der Waals surface area contributed by atoms with E-state index in [9.17, 15) is 9.59 Å². The van der Waals surface area contributed by atoms with Crippen molar-refractivity contribution in [2.75, 3.05) is 31.7 Å². The molecule has 6 heteroatoms. The Bertz CT molecular complexity index is 885. The molecule has 4 nitrogen and oxygen atoms in total. The molecule has 0 unspecified atom stereocenters. The van der Waals surface area contributed by atoms with E-state index in [4.69, 9.17) is 0 Å². The van der Waals surface area contributed by atoms with Gasteiger partial charge in [-0.05, 0) is 16.7 Å². The first-order valence-electron chi connectivity index (χ1n) is 10.4. The molecule has 0 saturated carbocycles. The molecule has 0 saturated heterocycles. The molecule has 0 aliphatic heterocycles. The first-order valence-corrected chi connectivity index (χ1v) is 12.4. The van der Waals surface area contributed by atoms with Gasteiger partial charge in [0.05, 0.1) is 24.2 Å². The van der Waals surface area contributed by atoms with Crippen molar-refractivity contribution in [3.63, 3.8) is 0 Å². The number of hydrogen-bond donors (Lipinski definition) is 1. The number of thioether (sulfide) groups is 2. The Morgan fingerprint density at radius 2 is 1.28 bits per heavy atom. The second kappa shape index (κ2) is 12.5. The molecule has 3 rings (SSSR count). The van der Waals surface area contributed by atoms with Crippen LogP contribution in [-0.4, -0.2) is 42.8 Å². The van der Waals surface area contributed by atoms with Crippen LogP contribution in [0.5, 0.6) is 0 Å². The van der Waals surface area contributed by atoms with Gasteiger partial charge >= 0.3 is 5.97 Å². The highest BCUT2D eigenvalue weighted by Gasteiger charge is 2.39. The van der Waals surface area contributed by atoms with E-state index in [0.717, 1.165) is 22.4 Å². The minimum absolute atomic E-state index is 0.111. The molecule has 0 aliphatic carbocycles. The average Bonchev–Trinajstić information content (AvgIpc) is 2.86. The third kappa shape index (κ3) is 6.25. The van der Waals surface area contributed by atoms with Crippen molar-refractivity contribution in [1.82, 2.24) is 5.32 Å². The number of carbonyl (C=O) groups is 2. The molecule has 0 bridgehead atoms. The number of hydrogen-bond acceptors (Lipinski definition) is 6. The predicted octanol–water partition coefficient (Wildman–Crippen LogP) is 4.73. The van der Waals surface area contributed by atoms with Gasteiger partial charge in [0.15, 0.2) is 5.12 Å². The number of methoxy groups -OCH3 is 1. The Hall–Kier alpha value is -2.54. The van der Waals surface area contributed by atoms with Crippen molar-refractivity contribution in [2.24, 2.45) is 0 Å². The Morgan fingerprint density at radius 3 is 1.72 bits per heavy atom.